The first-order valence-corrected chi connectivity index (χ1v) is 20.1. The number of ether oxygens (including phenoxy) is 2. The molecule has 0 bridgehead atoms. The number of hydrogen-bond acceptors (Lipinski definition) is 10. The van der Waals surface area contributed by atoms with Gasteiger partial charge in [0.05, 0.1) is 18.3 Å². The monoisotopic (exact) mass is 791 g/mol. The number of fused-ring (bicyclic) bond motifs is 1. The number of carbonyl (C=O) groups is 6. The maximum atomic E-state index is 14.4. The van der Waals surface area contributed by atoms with E-state index in [0.29, 0.717) is 24.0 Å². The molecule has 5 amide bonds. The molecule has 1 saturated heterocycles. The zero-order chi connectivity index (χ0) is 41.1. The Kier molecular flexibility index (Phi) is 13.1. The van der Waals surface area contributed by atoms with E-state index in [4.69, 9.17) is 9.47 Å². The Balaban J connectivity index is 1.60. The Morgan fingerprint density at radius 2 is 1.69 bits per heavy atom. The number of nitrogens with one attached hydrogen (secondary N) is 3. The summed E-state index contributed by atoms with van der Waals surface area (Å²) in [5.41, 5.74) is -1.99. The van der Waals surface area contributed by atoms with Crippen molar-refractivity contribution in [3.05, 3.63) is 47.3 Å². The average molecular weight is 792 g/mol. The van der Waals surface area contributed by atoms with Crippen molar-refractivity contribution in [2.24, 2.45) is 5.41 Å². The third-order valence-corrected chi connectivity index (χ3v) is 11.4. The van der Waals surface area contributed by atoms with Crippen LogP contribution in [0.4, 0.5) is 14.0 Å². The van der Waals surface area contributed by atoms with Gasteiger partial charge in [-0.25, -0.2) is 22.4 Å². The molecule has 2 fully saturated rings. The van der Waals surface area contributed by atoms with Gasteiger partial charge in [-0.1, -0.05) is 45.9 Å². The van der Waals surface area contributed by atoms with Gasteiger partial charge in [0.25, 0.3) is 5.91 Å². The zero-order valence-corrected chi connectivity index (χ0v) is 33.6. The fourth-order valence-electron chi connectivity index (χ4n) is 6.09. The number of likely N-dealkylation sites (tertiary alicyclic amines) is 1. The lowest BCUT2D eigenvalue weighted by Gasteiger charge is -2.33. The van der Waals surface area contributed by atoms with Crippen LogP contribution < -0.4 is 15.4 Å². The second-order valence-corrected chi connectivity index (χ2v) is 18.7. The van der Waals surface area contributed by atoms with Crippen LogP contribution in [0, 0.1) is 11.2 Å². The van der Waals surface area contributed by atoms with E-state index in [-0.39, 0.29) is 56.5 Å². The van der Waals surface area contributed by atoms with Crippen LogP contribution in [0.1, 0.15) is 105 Å². The van der Waals surface area contributed by atoms with Crippen molar-refractivity contribution in [2.45, 2.75) is 142 Å². The zero-order valence-electron chi connectivity index (χ0n) is 32.8. The molecule has 15 nitrogen and oxygen atoms in total. The van der Waals surface area contributed by atoms with Gasteiger partial charge in [0, 0.05) is 24.9 Å². The number of benzene rings is 1. The summed E-state index contributed by atoms with van der Waals surface area (Å²) in [4.78, 5) is 83.4. The summed E-state index contributed by atoms with van der Waals surface area (Å²) < 4.78 is 52.9. The van der Waals surface area contributed by atoms with E-state index in [9.17, 15) is 41.6 Å². The van der Waals surface area contributed by atoms with Gasteiger partial charge in [0.1, 0.15) is 35.1 Å². The van der Waals surface area contributed by atoms with E-state index >= 15 is 0 Å². The molecular weight excluding hydrogens is 738 g/mol. The standard InChI is InChI=1S/C38H54FN5O10S/c1-9-38(8,33(48)42-55(51,52)26-14-15-26)41-31(46)30-19-25(53-35(50)43-20-23-11-10-12-28(39)27(23)22-43)21-44(30)32(47)29(40-34(49)54-37(5,6)7)16-13-24(45)17-18-36(2,3)4/h10-12,17-18,25-26,29-30H,9,13-16,19-22H2,1-8H3,(H,40,49)(H,41,46)(H,42,48)/b18-17+/t25-,29+,30+,38-/m1/s1. The Morgan fingerprint density at radius 1 is 1.02 bits per heavy atom. The van der Waals surface area contributed by atoms with Gasteiger partial charge >= 0.3 is 12.2 Å². The molecule has 0 aromatic heterocycles. The molecule has 0 unspecified atom stereocenters. The summed E-state index contributed by atoms with van der Waals surface area (Å²) >= 11 is 0. The second-order valence-electron chi connectivity index (χ2n) is 16.7. The molecule has 55 heavy (non-hydrogen) atoms. The number of rotatable bonds is 13. The van der Waals surface area contributed by atoms with Gasteiger partial charge in [-0.05, 0) is 76.5 Å². The fraction of sp³-hybridized carbons (Fsp3) is 0.632. The first-order chi connectivity index (χ1) is 25.4. The highest BCUT2D eigenvalue weighted by molar-refractivity contribution is 7.91. The van der Waals surface area contributed by atoms with E-state index in [0.717, 1.165) is 4.90 Å². The molecule has 2 aliphatic heterocycles. The topological polar surface area (TPSA) is 198 Å². The molecule has 3 N–H and O–H groups in total. The van der Waals surface area contributed by atoms with E-state index < -0.39 is 80.3 Å². The van der Waals surface area contributed by atoms with Crippen LogP contribution in [0.25, 0.3) is 0 Å². The molecule has 1 aromatic rings. The fourth-order valence-corrected chi connectivity index (χ4v) is 7.49. The van der Waals surface area contributed by atoms with Gasteiger partial charge < -0.3 is 25.0 Å². The van der Waals surface area contributed by atoms with Gasteiger partial charge in [-0.15, -0.1) is 0 Å². The minimum absolute atomic E-state index is 0.0249. The first-order valence-electron chi connectivity index (χ1n) is 18.5. The number of ketones is 1. The predicted molar refractivity (Wildman–Crippen MR) is 199 cm³/mol. The molecule has 1 saturated carbocycles. The molecule has 4 atom stereocenters. The Labute approximate surface area is 322 Å². The highest BCUT2D eigenvalue weighted by atomic mass is 32.2. The van der Waals surface area contributed by atoms with Crippen molar-refractivity contribution >= 4 is 45.7 Å². The van der Waals surface area contributed by atoms with Crippen molar-refractivity contribution in [3.8, 4) is 0 Å². The summed E-state index contributed by atoms with van der Waals surface area (Å²) in [5.74, 6) is -3.36. The number of carbonyl (C=O) groups excluding carboxylic acids is 6. The molecule has 17 heteroatoms. The minimum Gasteiger partial charge on any atom is -0.444 e. The number of halogens is 1. The highest BCUT2D eigenvalue weighted by Gasteiger charge is 2.47. The Morgan fingerprint density at radius 3 is 2.27 bits per heavy atom. The van der Waals surface area contributed by atoms with E-state index in [1.54, 1.807) is 39.8 Å². The smallest absolute Gasteiger partial charge is 0.410 e. The molecular formula is C38H54FN5O10S. The third-order valence-electron chi connectivity index (χ3n) is 9.54. The number of hydrogen-bond donors (Lipinski definition) is 3. The SMILES string of the molecule is CC[C@@](C)(NC(=O)[C@@H]1C[C@@H](OC(=O)N2Cc3cccc(F)c3C2)CN1C(=O)[C@H](CCC(=O)/C=C/C(C)(C)C)NC(=O)OC(C)(C)C)C(=O)NS(=O)(=O)C1CC1. The first kappa shape index (κ1) is 43.2. The molecule has 1 aliphatic carbocycles. The maximum absolute atomic E-state index is 14.4. The quantitative estimate of drug-likeness (QED) is 0.246. The maximum Gasteiger partial charge on any atom is 0.410 e. The minimum atomic E-state index is -3.96. The van der Waals surface area contributed by atoms with Crippen LogP contribution in [0.3, 0.4) is 0 Å². The van der Waals surface area contributed by atoms with Crippen LogP contribution in [0.5, 0.6) is 0 Å². The summed E-state index contributed by atoms with van der Waals surface area (Å²) in [6.45, 7) is 13.3. The normalized spacial score (nSPS) is 20.3. The molecule has 0 radical (unpaired) electrons. The number of amides is 5. The Hall–Kier alpha value is -4.54. The van der Waals surface area contributed by atoms with Crippen molar-refractivity contribution in [1.82, 2.24) is 25.2 Å². The average Bonchev–Trinajstić information content (AvgIpc) is 3.72. The summed E-state index contributed by atoms with van der Waals surface area (Å²) in [6.07, 6.45) is 0.544. The molecule has 1 aromatic carbocycles. The van der Waals surface area contributed by atoms with Crippen LogP contribution in [-0.4, -0.2) is 95.0 Å². The van der Waals surface area contributed by atoms with E-state index in [2.05, 4.69) is 15.4 Å². The van der Waals surface area contributed by atoms with Crippen LogP contribution >= 0.6 is 0 Å². The highest BCUT2D eigenvalue weighted by Crippen LogP contribution is 2.30. The van der Waals surface area contributed by atoms with Crippen molar-refractivity contribution in [2.75, 3.05) is 6.54 Å². The molecule has 3 aliphatic rings. The number of sulfonamides is 1. The van der Waals surface area contributed by atoms with E-state index in [1.807, 2.05) is 20.8 Å². The molecule has 2 heterocycles. The largest absolute Gasteiger partial charge is 0.444 e. The van der Waals surface area contributed by atoms with Gasteiger partial charge in [-0.3, -0.25) is 28.8 Å². The molecule has 0 spiro atoms. The van der Waals surface area contributed by atoms with Crippen LogP contribution in [0.2, 0.25) is 0 Å². The lowest BCUT2D eigenvalue weighted by molar-refractivity contribution is -0.142. The summed E-state index contributed by atoms with van der Waals surface area (Å²) in [7, 11) is -3.96. The number of alkyl carbamates (subject to hydrolysis) is 1. The number of nitrogens with zero attached hydrogens (tertiary/aromatic N) is 2. The molecule has 4 rings (SSSR count). The van der Waals surface area contributed by atoms with E-state index in [1.165, 1.54) is 30.0 Å². The van der Waals surface area contributed by atoms with Crippen molar-refractivity contribution in [1.29, 1.82) is 0 Å². The lowest BCUT2D eigenvalue weighted by Crippen LogP contribution is -2.61. The van der Waals surface area contributed by atoms with Crippen molar-refractivity contribution in [3.63, 3.8) is 0 Å². The number of allylic oxidation sites excluding steroid dienone is 2. The summed E-state index contributed by atoms with van der Waals surface area (Å²) in [5, 5.41) is 4.45. The van der Waals surface area contributed by atoms with Crippen LogP contribution in [0.15, 0.2) is 30.4 Å². The van der Waals surface area contributed by atoms with Gasteiger partial charge in [-0.2, -0.15) is 0 Å². The summed E-state index contributed by atoms with van der Waals surface area (Å²) in [6, 6.07) is 1.79. The van der Waals surface area contributed by atoms with Crippen molar-refractivity contribution < 1.29 is 51.0 Å². The third kappa shape index (κ3) is 11.7. The molecule has 304 valence electrons. The second kappa shape index (κ2) is 16.7. The Bertz CT molecular complexity index is 1820. The van der Waals surface area contributed by atoms with Gasteiger partial charge in [0.15, 0.2) is 5.78 Å². The predicted octanol–water partition coefficient (Wildman–Crippen LogP) is 3.99. The van der Waals surface area contributed by atoms with Crippen LogP contribution in [-0.2, 0) is 51.8 Å². The lowest BCUT2D eigenvalue weighted by atomic mass is 9.95. The van der Waals surface area contributed by atoms with Gasteiger partial charge in [0.2, 0.25) is 21.8 Å².